The molecule has 0 radical (unpaired) electrons. The first-order valence-electron chi connectivity index (χ1n) is 4.29. The summed E-state index contributed by atoms with van der Waals surface area (Å²) in [5, 5.41) is 9.58. The van der Waals surface area contributed by atoms with Gasteiger partial charge in [-0.1, -0.05) is 41.9 Å². The first-order valence-corrected chi connectivity index (χ1v) is 5.54. The van der Waals surface area contributed by atoms with Gasteiger partial charge >= 0.3 is 0 Å². The monoisotopic (exact) mass is 266 g/mol. The lowest BCUT2D eigenvalue weighted by molar-refractivity contribution is 0.125. The summed E-state index contributed by atoms with van der Waals surface area (Å²) in [6, 6.07) is 0. The minimum absolute atomic E-state index is 0.188. The SMILES string of the molecule is O[C@@H](C=CI)C1CCCCC1. The molecule has 11 heavy (non-hydrogen) atoms. The molecule has 0 aliphatic heterocycles. The molecule has 64 valence electrons. The van der Waals surface area contributed by atoms with E-state index in [0.717, 1.165) is 0 Å². The molecule has 0 heterocycles. The van der Waals surface area contributed by atoms with Crippen molar-refractivity contribution in [1.29, 1.82) is 0 Å². The molecular weight excluding hydrogens is 251 g/mol. The Balaban J connectivity index is 2.32. The van der Waals surface area contributed by atoms with Gasteiger partial charge in [0.05, 0.1) is 6.10 Å². The van der Waals surface area contributed by atoms with E-state index in [1.807, 2.05) is 10.2 Å². The average Bonchev–Trinajstić information content (AvgIpc) is 2.07. The lowest BCUT2D eigenvalue weighted by Gasteiger charge is -2.24. The molecule has 0 saturated heterocycles. The third kappa shape index (κ3) is 3.11. The molecule has 2 heteroatoms. The third-order valence-corrected chi connectivity index (χ3v) is 2.82. The van der Waals surface area contributed by atoms with Gasteiger partial charge in [-0.25, -0.2) is 0 Å². The maximum atomic E-state index is 9.58. The van der Waals surface area contributed by atoms with Crippen LogP contribution in [-0.2, 0) is 0 Å². The summed E-state index contributed by atoms with van der Waals surface area (Å²) >= 11 is 2.16. The Morgan fingerprint density at radius 3 is 2.45 bits per heavy atom. The third-order valence-electron chi connectivity index (χ3n) is 2.40. The van der Waals surface area contributed by atoms with E-state index in [1.54, 1.807) is 0 Å². The predicted molar refractivity (Wildman–Crippen MR) is 55.7 cm³/mol. The maximum absolute atomic E-state index is 9.58. The van der Waals surface area contributed by atoms with Crippen LogP contribution in [0.15, 0.2) is 10.2 Å². The van der Waals surface area contributed by atoms with Crippen LogP contribution in [0, 0.1) is 5.92 Å². The van der Waals surface area contributed by atoms with Gasteiger partial charge in [-0.2, -0.15) is 0 Å². The van der Waals surface area contributed by atoms with E-state index in [4.69, 9.17) is 0 Å². The van der Waals surface area contributed by atoms with E-state index in [1.165, 1.54) is 32.1 Å². The number of hydrogen-bond donors (Lipinski definition) is 1. The topological polar surface area (TPSA) is 20.2 Å². The fourth-order valence-corrected chi connectivity index (χ4v) is 2.13. The highest BCUT2D eigenvalue weighted by atomic mass is 127. The maximum Gasteiger partial charge on any atom is 0.0756 e. The van der Waals surface area contributed by atoms with Crippen molar-refractivity contribution in [2.45, 2.75) is 38.2 Å². The second kappa shape index (κ2) is 5.14. The Morgan fingerprint density at radius 2 is 1.91 bits per heavy atom. The highest BCUT2D eigenvalue weighted by Gasteiger charge is 2.18. The lowest BCUT2D eigenvalue weighted by atomic mass is 9.85. The van der Waals surface area contributed by atoms with Gasteiger partial charge in [0.15, 0.2) is 0 Å². The Hall–Kier alpha value is 0.430. The van der Waals surface area contributed by atoms with Gasteiger partial charge in [0.25, 0.3) is 0 Å². The van der Waals surface area contributed by atoms with E-state index in [2.05, 4.69) is 22.6 Å². The molecule has 1 aliphatic rings. The summed E-state index contributed by atoms with van der Waals surface area (Å²) in [5.74, 6) is 0.537. The van der Waals surface area contributed by atoms with Crippen LogP contribution in [0.25, 0.3) is 0 Å². The zero-order chi connectivity index (χ0) is 8.10. The minimum atomic E-state index is -0.188. The second-order valence-electron chi connectivity index (χ2n) is 3.21. The van der Waals surface area contributed by atoms with Gasteiger partial charge in [-0.3, -0.25) is 0 Å². The van der Waals surface area contributed by atoms with E-state index < -0.39 is 0 Å². The van der Waals surface area contributed by atoms with Gasteiger partial charge < -0.3 is 5.11 Å². The van der Waals surface area contributed by atoms with Gasteiger partial charge in [0.2, 0.25) is 0 Å². The van der Waals surface area contributed by atoms with E-state index in [-0.39, 0.29) is 6.10 Å². The van der Waals surface area contributed by atoms with Crippen molar-refractivity contribution in [2.75, 3.05) is 0 Å². The largest absolute Gasteiger partial charge is 0.389 e. The molecule has 0 amide bonds. The molecule has 0 aromatic rings. The smallest absolute Gasteiger partial charge is 0.0756 e. The zero-order valence-electron chi connectivity index (χ0n) is 6.67. The summed E-state index contributed by atoms with van der Waals surface area (Å²) < 4.78 is 1.91. The van der Waals surface area contributed by atoms with Crippen molar-refractivity contribution in [1.82, 2.24) is 0 Å². The Kier molecular flexibility index (Phi) is 4.45. The first kappa shape index (κ1) is 9.52. The molecule has 1 atom stereocenters. The fourth-order valence-electron chi connectivity index (χ4n) is 1.71. The second-order valence-corrected chi connectivity index (χ2v) is 3.93. The number of halogens is 1. The normalized spacial score (nSPS) is 24.2. The molecule has 0 aromatic heterocycles. The van der Waals surface area contributed by atoms with Crippen molar-refractivity contribution < 1.29 is 5.11 Å². The van der Waals surface area contributed by atoms with Crippen LogP contribution < -0.4 is 0 Å². The molecule has 1 rings (SSSR count). The molecule has 0 aromatic carbocycles. The quantitative estimate of drug-likeness (QED) is 0.762. The lowest BCUT2D eigenvalue weighted by Crippen LogP contribution is -2.20. The van der Waals surface area contributed by atoms with Crippen molar-refractivity contribution >= 4 is 22.6 Å². The number of aliphatic hydroxyl groups excluding tert-OH is 1. The van der Waals surface area contributed by atoms with E-state index >= 15 is 0 Å². The van der Waals surface area contributed by atoms with Crippen molar-refractivity contribution in [2.24, 2.45) is 5.92 Å². The highest BCUT2D eigenvalue weighted by Crippen LogP contribution is 2.26. The molecule has 0 bridgehead atoms. The van der Waals surface area contributed by atoms with Crippen LogP contribution in [0.3, 0.4) is 0 Å². The molecule has 1 N–H and O–H groups in total. The molecule has 1 fully saturated rings. The van der Waals surface area contributed by atoms with E-state index in [0.29, 0.717) is 5.92 Å². The minimum Gasteiger partial charge on any atom is -0.389 e. The summed E-state index contributed by atoms with van der Waals surface area (Å²) in [6.45, 7) is 0. The van der Waals surface area contributed by atoms with Gasteiger partial charge in [0.1, 0.15) is 0 Å². The number of aliphatic hydroxyl groups is 1. The van der Waals surface area contributed by atoms with Crippen molar-refractivity contribution in [3.8, 4) is 0 Å². The van der Waals surface area contributed by atoms with Crippen molar-refractivity contribution in [3.63, 3.8) is 0 Å². The number of hydrogen-bond acceptors (Lipinski definition) is 1. The molecular formula is C9H15IO. The average molecular weight is 266 g/mol. The van der Waals surface area contributed by atoms with Crippen LogP contribution in [0.4, 0.5) is 0 Å². The zero-order valence-corrected chi connectivity index (χ0v) is 8.83. The van der Waals surface area contributed by atoms with Gasteiger partial charge in [-0.15, -0.1) is 0 Å². The van der Waals surface area contributed by atoms with Gasteiger partial charge in [-0.05, 0) is 28.9 Å². The van der Waals surface area contributed by atoms with Crippen LogP contribution >= 0.6 is 22.6 Å². The van der Waals surface area contributed by atoms with Crippen LogP contribution in [0.5, 0.6) is 0 Å². The predicted octanol–water partition coefficient (Wildman–Crippen LogP) is 2.88. The van der Waals surface area contributed by atoms with E-state index in [9.17, 15) is 5.11 Å². The molecule has 1 nitrogen and oxygen atoms in total. The molecule has 1 saturated carbocycles. The van der Waals surface area contributed by atoms with Crippen LogP contribution in [0.1, 0.15) is 32.1 Å². The molecule has 0 spiro atoms. The van der Waals surface area contributed by atoms with Crippen molar-refractivity contribution in [3.05, 3.63) is 10.2 Å². The van der Waals surface area contributed by atoms with Gasteiger partial charge in [0, 0.05) is 0 Å². The molecule has 1 aliphatic carbocycles. The summed E-state index contributed by atoms with van der Waals surface area (Å²) in [4.78, 5) is 0. The summed E-state index contributed by atoms with van der Waals surface area (Å²) in [6.07, 6.45) is 8.10. The highest BCUT2D eigenvalue weighted by molar-refractivity contribution is 14.1. The molecule has 0 unspecified atom stereocenters. The van der Waals surface area contributed by atoms with Crippen LogP contribution in [0.2, 0.25) is 0 Å². The summed E-state index contributed by atoms with van der Waals surface area (Å²) in [5.41, 5.74) is 0. The van der Waals surface area contributed by atoms with Crippen LogP contribution in [-0.4, -0.2) is 11.2 Å². The number of rotatable bonds is 2. The summed E-state index contributed by atoms with van der Waals surface area (Å²) in [7, 11) is 0. The Bertz CT molecular complexity index is 128. The fraction of sp³-hybridized carbons (Fsp3) is 0.778. The Labute approximate surface area is 82.0 Å². The standard InChI is InChI=1S/C9H15IO/c10-7-6-9(11)8-4-2-1-3-5-8/h6-9,11H,1-5H2/t9-/m0/s1. The first-order chi connectivity index (χ1) is 5.34. The Morgan fingerprint density at radius 1 is 1.27 bits per heavy atom.